The molecule has 2 atom stereocenters. The third-order valence-corrected chi connectivity index (χ3v) is 1.39. The van der Waals surface area contributed by atoms with Crippen molar-refractivity contribution in [3.63, 3.8) is 0 Å². The molecule has 2 unspecified atom stereocenters. The maximum atomic E-state index is 5.54. The molecule has 0 aromatic heterocycles. The van der Waals surface area contributed by atoms with Crippen molar-refractivity contribution >= 4 is 0 Å². The number of nitrogens with two attached hydrogens (primary N) is 1. The Bertz CT molecular complexity index is 76.8. The van der Waals surface area contributed by atoms with E-state index in [0.29, 0.717) is 0 Å². The molecule has 1 heterocycles. The highest BCUT2D eigenvalue weighted by Crippen LogP contribution is 2.07. The van der Waals surface area contributed by atoms with Crippen LogP contribution in [0.2, 0.25) is 0 Å². The Balaban J connectivity index is 2.08. The first-order chi connectivity index (χ1) is 3.84. The van der Waals surface area contributed by atoms with Gasteiger partial charge in [0.2, 0.25) is 0 Å². The van der Waals surface area contributed by atoms with E-state index in [0.717, 1.165) is 13.2 Å². The first-order valence-corrected chi connectivity index (χ1v) is 2.86. The minimum absolute atomic E-state index is 0.264. The van der Waals surface area contributed by atoms with E-state index in [2.05, 4.69) is 5.32 Å². The summed E-state index contributed by atoms with van der Waals surface area (Å²) in [6, 6.07) is 0.266. The lowest BCUT2D eigenvalue weighted by molar-refractivity contribution is -0.0693. The molecule has 3 heteroatoms. The fourth-order valence-electron chi connectivity index (χ4n) is 0.755. The highest BCUT2D eigenvalue weighted by molar-refractivity contribution is 4.82. The third kappa shape index (κ3) is 0.992. The van der Waals surface area contributed by atoms with E-state index in [1.54, 1.807) is 0 Å². The average molecular weight is 116 g/mol. The number of nitrogens with one attached hydrogen (secondary N) is 1. The summed E-state index contributed by atoms with van der Waals surface area (Å²) >= 11 is 0. The molecule has 0 radical (unpaired) electrons. The lowest BCUT2D eigenvalue weighted by atomic mass is 10.1. The molecule has 0 saturated carbocycles. The quantitative estimate of drug-likeness (QED) is 0.483. The predicted molar refractivity (Wildman–Crippen MR) is 31.6 cm³/mol. The van der Waals surface area contributed by atoms with Gasteiger partial charge in [0.15, 0.2) is 0 Å². The molecule has 0 bridgehead atoms. The van der Waals surface area contributed by atoms with Crippen LogP contribution in [-0.2, 0) is 4.74 Å². The van der Waals surface area contributed by atoms with Crippen LogP contribution in [0.3, 0.4) is 0 Å². The average Bonchev–Trinajstić information content (AvgIpc) is 1.79. The van der Waals surface area contributed by atoms with Crippen LogP contribution >= 0.6 is 0 Å². The molecule has 0 aliphatic carbocycles. The normalized spacial score (nSPS) is 36.8. The fourth-order valence-corrected chi connectivity index (χ4v) is 0.755. The van der Waals surface area contributed by atoms with E-state index in [-0.39, 0.29) is 12.1 Å². The summed E-state index contributed by atoms with van der Waals surface area (Å²) in [7, 11) is 1.90. The van der Waals surface area contributed by atoms with E-state index < -0.39 is 0 Å². The zero-order valence-corrected chi connectivity index (χ0v) is 5.05. The molecule has 1 fully saturated rings. The molecule has 3 nitrogen and oxygen atoms in total. The van der Waals surface area contributed by atoms with Crippen LogP contribution in [0.4, 0.5) is 0 Å². The van der Waals surface area contributed by atoms with Crippen LogP contribution in [-0.4, -0.2) is 32.3 Å². The van der Waals surface area contributed by atoms with Crippen LogP contribution in [0, 0.1) is 0 Å². The number of hydrogen-bond acceptors (Lipinski definition) is 3. The third-order valence-electron chi connectivity index (χ3n) is 1.39. The van der Waals surface area contributed by atoms with Crippen molar-refractivity contribution in [3.05, 3.63) is 0 Å². The van der Waals surface area contributed by atoms with E-state index in [9.17, 15) is 0 Å². The predicted octanol–water partition coefficient (Wildman–Crippen LogP) is -1.07. The first kappa shape index (κ1) is 6.01. The second kappa shape index (κ2) is 2.44. The summed E-state index contributed by atoms with van der Waals surface area (Å²) in [5.74, 6) is 0. The number of rotatable bonds is 2. The molecular formula is C5H12N2O. The minimum Gasteiger partial charge on any atom is -0.373 e. The number of hydrogen-bond donors (Lipinski definition) is 2. The largest absolute Gasteiger partial charge is 0.373 e. The van der Waals surface area contributed by atoms with Gasteiger partial charge in [0.25, 0.3) is 0 Å². The molecular weight excluding hydrogens is 104 g/mol. The SMILES string of the molecule is CNCC1OCC1N. The minimum atomic E-state index is 0.264. The summed E-state index contributed by atoms with van der Waals surface area (Å²) < 4.78 is 5.10. The van der Waals surface area contributed by atoms with Crippen molar-refractivity contribution in [2.24, 2.45) is 5.73 Å². The summed E-state index contributed by atoms with van der Waals surface area (Å²) in [5, 5.41) is 3.00. The Morgan fingerprint density at radius 3 is 2.75 bits per heavy atom. The van der Waals surface area contributed by atoms with Crippen LogP contribution in [0.15, 0.2) is 0 Å². The van der Waals surface area contributed by atoms with Gasteiger partial charge in [0.05, 0.1) is 18.8 Å². The number of ether oxygens (including phenoxy) is 1. The molecule has 0 amide bonds. The van der Waals surface area contributed by atoms with E-state index in [4.69, 9.17) is 10.5 Å². The highest BCUT2D eigenvalue weighted by Gasteiger charge is 2.26. The van der Waals surface area contributed by atoms with Gasteiger partial charge in [-0.25, -0.2) is 0 Å². The molecule has 1 saturated heterocycles. The molecule has 0 aromatic carbocycles. The van der Waals surface area contributed by atoms with Gasteiger partial charge in [-0.1, -0.05) is 0 Å². The van der Waals surface area contributed by atoms with Crippen LogP contribution in [0.1, 0.15) is 0 Å². The highest BCUT2D eigenvalue weighted by atomic mass is 16.5. The molecule has 0 spiro atoms. The topological polar surface area (TPSA) is 47.3 Å². The molecule has 3 N–H and O–H groups in total. The van der Waals surface area contributed by atoms with Crippen LogP contribution in [0.25, 0.3) is 0 Å². The molecule has 48 valence electrons. The monoisotopic (exact) mass is 116 g/mol. The Kier molecular flexibility index (Phi) is 1.83. The lowest BCUT2D eigenvalue weighted by Crippen LogP contribution is -2.55. The van der Waals surface area contributed by atoms with Gasteiger partial charge in [-0.15, -0.1) is 0 Å². The summed E-state index contributed by atoms with van der Waals surface area (Å²) in [6.45, 7) is 1.60. The molecule has 0 aromatic rings. The van der Waals surface area contributed by atoms with Gasteiger partial charge in [0.1, 0.15) is 0 Å². The van der Waals surface area contributed by atoms with Crippen molar-refractivity contribution in [3.8, 4) is 0 Å². The van der Waals surface area contributed by atoms with Crippen molar-refractivity contribution < 1.29 is 4.74 Å². The molecule has 8 heavy (non-hydrogen) atoms. The Morgan fingerprint density at radius 2 is 2.62 bits per heavy atom. The lowest BCUT2D eigenvalue weighted by Gasteiger charge is -2.33. The van der Waals surface area contributed by atoms with Crippen molar-refractivity contribution in [2.75, 3.05) is 20.2 Å². The maximum absolute atomic E-state index is 5.54. The van der Waals surface area contributed by atoms with Crippen LogP contribution in [0.5, 0.6) is 0 Å². The molecule has 1 aliphatic rings. The Hall–Kier alpha value is -0.120. The summed E-state index contributed by atoms with van der Waals surface area (Å²) in [6.07, 6.45) is 0.264. The van der Waals surface area contributed by atoms with Crippen molar-refractivity contribution in [2.45, 2.75) is 12.1 Å². The van der Waals surface area contributed by atoms with E-state index >= 15 is 0 Å². The van der Waals surface area contributed by atoms with Gasteiger partial charge < -0.3 is 15.8 Å². The Morgan fingerprint density at radius 1 is 1.88 bits per heavy atom. The second-order valence-corrected chi connectivity index (χ2v) is 2.09. The van der Waals surface area contributed by atoms with E-state index in [1.807, 2.05) is 7.05 Å². The molecule has 1 rings (SSSR count). The zero-order valence-electron chi connectivity index (χ0n) is 5.05. The van der Waals surface area contributed by atoms with Crippen molar-refractivity contribution in [1.82, 2.24) is 5.32 Å². The maximum Gasteiger partial charge on any atom is 0.0873 e. The van der Waals surface area contributed by atoms with Gasteiger partial charge in [-0.05, 0) is 7.05 Å². The van der Waals surface area contributed by atoms with Gasteiger partial charge >= 0.3 is 0 Å². The van der Waals surface area contributed by atoms with Gasteiger partial charge in [-0.2, -0.15) is 0 Å². The fraction of sp³-hybridized carbons (Fsp3) is 1.00. The van der Waals surface area contributed by atoms with Gasteiger partial charge in [0, 0.05) is 6.54 Å². The van der Waals surface area contributed by atoms with Crippen LogP contribution < -0.4 is 11.1 Å². The molecule has 1 aliphatic heterocycles. The van der Waals surface area contributed by atoms with E-state index in [1.165, 1.54) is 0 Å². The summed E-state index contributed by atoms with van der Waals surface area (Å²) in [5.41, 5.74) is 5.54. The first-order valence-electron chi connectivity index (χ1n) is 2.86. The number of likely N-dealkylation sites (N-methyl/N-ethyl adjacent to an activating group) is 1. The van der Waals surface area contributed by atoms with Gasteiger partial charge in [-0.3, -0.25) is 0 Å². The summed E-state index contributed by atoms with van der Waals surface area (Å²) in [4.78, 5) is 0. The van der Waals surface area contributed by atoms with Crippen molar-refractivity contribution in [1.29, 1.82) is 0 Å². The smallest absolute Gasteiger partial charge is 0.0873 e. The standard InChI is InChI=1S/C5H12N2O/c1-7-2-5-4(6)3-8-5/h4-5,7H,2-3,6H2,1H3. The second-order valence-electron chi connectivity index (χ2n) is 2.09. The Labute approximate surface area is 49.2 Å². The zero-order chi connectivity index (χ0) is 5.98.